The molecule has 2 aliphatic heterocycles. The molecule has 4 heterocycles. The van der Waals surface area contributed by atoms with Crippen LogP contribution in [0.15, 0.2) is 48.5 Å². The second kappa shape index (κ2) is 6.43. The van der Waals surface area contributed by atoms with Crippen LogP contribution in [0.25, 0.3) is 43.6 Å². The number of carbonyl (C=O) groups excluding carboxylic acids is 2. The van der Waals surface area contributed by atoms with Crippen LogP contribution < -0.4 is 5.32 Å². The van der Waals surface area contributed by atoms with Gasteiger partial charge in [0.2, 0.25) is 0 Å². The molecular formula is C26H21N3O4. The van der Waals surface area contributed by atoms with Gasteiger partial charge in [-0.05, 0) is 25.5 Å². The predicted molar refractivity (Wildman–Crippen MR) is 125 cm³/mol. The van der Waals surface area contributed by atoms with Crippen molar-refractivity contribution in [2.24, 2.45) is 0 Å². The number of rotatable bonds is 1. The van der Waals surface area contributed by atoms with Gasteiger partial charge in [0.1, 0.15) is 6.23 Å². The van der Waals surface area contributed by atoms with E-state index in [1.165, 1.54) is 0 Å². The number of fused-ring (bicyclic) bond motifs is 10. The number of hydrogen-bond donors (Lipinski definition) is 3. The van der Waals surface area contributed by atoms with Crippen molar-refractivity contribution in [3.8, 4) is 0 Å². The molecule has 5 aromatic rings. The van der Waals surface area contributed by atoms with Crippen LogP contribution in [0.1, 0.15) is 46.7 Å². The zero-order chi connectivity index (χ0) is 22.4. The first-order chi connectivity index (χ1) is 16.0. The van der Waals surface area contributed by atoms with Gasteiger partial charge < -0.3 is 19.4 Å². The Bertz CT molecular complexity index is 1650. The smallest absolute Gasteiger partial charge is 0.259 e. The number of H-pyrrole nitrogens is 1. The monoisotopic (exact) mass is 439 g/mol. The second-order valence-corrected chi connectivity index (χ2v) is 9.09. The van der Waals surface area contributed by atoms with E-state index in [1.807, 2.05) is 55.5 Å². The molecule has 0 radical (unpaired) electrons. The molecule has 3 aromatic carbocycles. The number of ether oxygens (including phenoxy) is 1. The topological polar surface area (TPSA) is 96.4 Å². The molecule has 7 rings (SSSR count). The number of benzene rings is 3. The van der Waals surface area contributed by atoms with Crippen LogP contribution in [0.5, 0.6) is 0 Å². The van der Waals surface area contributed by atoms with Crippen molar-refractivity contribution in [1.29, 1.82) is 0 Å². The zero-order valence-electron chi connectivity index (χ0n) is 17.9. The van der Waals surface area contributed by atoms with Crippen LogP contribution in [0.2, 0.25) is 0 Å². The van der Waals surface area contributed by atoms with E-state index in [1.54, 1.807) is 0 Å². The minimum atomic E-state index is -0.479. The molecule has 1 saturated heterocycles. The molecule has 3 N–H and O–H groups in total. The fraction of sp³-hybridized carbons (Fsp3) is 0.231. The van der Waals surface area contributed by atoms with Gasteiger partial charge in [-0.1, -0.05) is 36.4 Å². The Balaban J connectivity index is 1.75. The Labute approximate surface area is 187 Å². The highest BCUT2D eigenvalue weighted by Gasteiger charge is 2.37. The molecule has 3 atom stereocenters. The molecule has 1 fully saturated rings. The minimum Gasteiger partial charge on any atom is -0.393 e. The largest absolute Gasteiger partial charge is 0.393 e. The van der Waals surface area contributed by atoms with Gasteiger partial charge in [0.15, 0.2) is 0 Å². The van der Waals surface area contributed by atoms with E-state index in [0.717, 1.165) is 43.6 Å². The van der Waals surface area contributed by atoms with Gasteiger partial charge in [0.25, 0.3) is 11.8 Å². The molecular weight excluding hydrogens is 418 g/mol. The molecule has 7 nitrogen and oxygen atoms in total. The Morgan fingerprint density at radius 1 is 0.939 bits per heavy atom. The van der Waals surface area contributed by atoms with Crippen molar-refractivity contribution in [3.63, 3.8) is 0 Å². The molecule has 0 spiro atoms. The number of aromatic nitrogens is 2. The highest BCUT2D eigenvalue weighted by Crippen LogP contribution is 2.45. The summed E-state index contributed by atoms with van der Waals surface area (Å²) in [5.74, 6) is -0.755. The Kier molecular flexibility index (Phi) is 3.67. The van der Waals surface area contributed by atoms with E-state index < -0.39 is 12.3 Å². The van der Waals surface area contributed by atoms with Crippen molar-refractivity contribution >= 4 is 55.4 Å². The standard InChI is InChI=1S/C26H21N3O4/c1-12-10-13(30)11-18(33-12)29-17-9-5-3-7-15(17)20-22-21(25(31)28-26(22)32)19-14-6-2-4-8-16(14)27-23(19)24(20)29/h2-9,12-13,18,27,30H,10-11H2,1H3,(H,28,31,32)/t12-,13+,18-/m1/s1. The maximum Gasteiger partial charge on any atom is 0.259 e. The Hall–Kier alpha value is -3.68. The molecule has 0 bridgehead atoms. The van der Waals surface area contributed by atoms with Crippen molar-refractivity contribution in [2.45, 2.75) is 38.2 Å². The summed E-state index contributed by atoms with van der Waals surface area (Å²) in [5.41, 5.74) is 4.23. The lowest BCUT2D eigenvalue weighted by Crippen LogP contribution is -2.32. The van der Waals surface area contributed by atoms with Crippen LogP contribution in [0.4, 0.5) is 0 Å². The van der Waals surface area contributed by atoms with Gasteiger partial charge in [0, 0.05) is 33.5 Å². The zero-order valence-corrected chi connectivity index (χ0v) is 17.9. The minimum absolute atomic E-state index is 0.104. The molecule has 0 unspecified atom stereocenters. The number of amides is 2. The van der Waals surface area contributed by atoms with Crippen LogP contribution >= 0.6 is 0 Å². The molecule has 164 valence electrons. The summed E-state index contributed by atoms with van der Waals surface area (Å²) >= 11 is 0. The number of carbonyl (C=O) groups is 2. The van der Waals surface area contributed by atoms with Crippen LogP contribution in [0, 0.1) is 0 Å². The molecule has 0 saturated carbocycles. The van der Waals surface area contributed by atoms with Crippen molar-refractivity contribution in [2.75, 3.05) is 0 Å². The number of imide groups is 1. The summed E-state index contributed by atoms with van der Waals surface area (Å²) in [6, 6.07) is 15.7. The molecule has 2 aromatic heterocycles. The fourth-order valence-corrected chi connectivity index (χ4v) is 5.83. The average Bonchev–Trinajstić information content (AvgIpc) is 3.42. The van der Waals surface area contributed by atoms with Gasteiger partial charge in [-0.25, -0.2) is 0 Å². The maximum atomic E-state index is 13.1. The summed E-state index contributed by atoms with van der Waals surface area (Å²) in [6.07, 6.45) is 0.0444. The van der Waals surface area contributed by atoms with Crippen LogP contribution in [0.3, 0.4) is 0 Å². The summed E-state index contributed by atoms with van der Waals surface area (Å²) < 4.78 is 8.42. The lowest BCUT2D eigenvalue weighted by Gasteiger charge is -2.33. The SMILES string of the molecule is C[C@@H]1C[C@H](O)C[C@H](n2c3ccccc3c3c4c(c5c6ccccc6[nH]c5c32)C(=O)NC4=O)O1. The van der Waals surface area contributed by atoms with E-state index >= 15 is 0 Å². The molecule has 7 heteroatoms. The lowest BCUT2D eigenvalue weighted by molar-refractivity contribution is -0.118. The van der Waals surface area contributed by atoms with Crippen LogP contribution in [-0.4, -0.2) is 38.7 Å². The normalized spacial score (nSPS) is 23.2. The number of nitrogens with zero attached hydrogens (tertiary/aromatic N) is 1. The maximum absolute atomic E-state index is 13.1. The number of aliphatic hydroxyl groups is 1. The number of nitrogens with one attached hydrogen (secondary N) is 2. The lowest BCUT2D eigenvalue weighted by atomic mass is 9.96. The van der Waals surface area contributed by atoms with E-state index in [4.69, 9.17) is 4.74 Å². The Morgan fingerprint density at radius 3 is 2.42 bits per heavy atom. The molecule has 33 heavy (non-hydrogen) atoms. The van der Waals surface area contributed by atoms with Gasteiger partial charge in [-0.3, -0.25) is 14.9 Å². The molecule has 2 amide bonds. The summed E-state index contributed by atoms with van der Waals surface area (Å²) in [4.78, 5) is 29.6. The van der Waals surface area contributed by atoms with Gasteiger partial charge in [-0.2, -0.15) is 0 Å². The van der Waals surface area contributed by atoms with Gasteiger partial charge in [0.05, 0.1) is 39.9 Å². The van der Waals surface area contributed by atoms with E-state index in [2.05, 4.69) is 14.9 Å². The Morgan fingerprint density at radius 2 is 1.64 bits per heavy atom. The number of para-hydroxylation sites is 2. The number of aliphatic hydroxyl groups excluding tert-OH is 1. The highest BCUT2D eigenvalue weighted by atomic mass is 16.5. The van der Waals surface area contributed by atoms with E-state index in [9.17, 15) is 14.7 Å². The fourth-order valence-electron chi connectivity index (χ4n) is 5.83. The molecule has 0 aliphatic carbocycles. The first kappa shape index (κ1) is 18.8. The third-order valence-corrected chi connectivity index (χ3v) is 7.04. The van der Waals surface area contributed by atoms with E-state index in [-0.39, 0.29) is 17.9 Å². The third-order valence-electron chi connectivity index (χ3n) is 7.04. The molecule has 2 aliphatic rings. The van der Waals surface area contributed by atoms with Crippen LogP contribution in [-0.2, 0) is 4.74 Å². The summed E-state index contributed by atoms with van der Waals surface area (Å²) in [6.45, 7) is 1.96. The first-order valence-electron chi connectivity index (χ1n) is 11.2. The van der Waals surface area contributed by atoms with Gasteiger partial charge in [-0.15, -0.1) is 0 Å². The summed E-state index contributed by atoms with van der Waals surface area (Å²) in [5, 5.41) is 16.3. The van der Waals surface area contributed by atoms with Gasteiger partial charge >= 0.3 is 0 Å². The second-order valence-electron chi connectivity index (χ2n) is 9.09. The first-order valence-corrected chi connectivity index (χ1v) is 11.2. The average molecular weight is 439 g/mol. The van der Waals surface area contributed by atoms with Crippen molar-refractivity contribution in [3.05, 3.63) is 59.7 Å². The number of aromatic amines is 1. The third kappa shape index (κ3) is 2.40. The highest BCUT2D eigenvalue weighted by molar-refractivity contribution is 6.39. The predicted octanol–water partition coefficient (Wildman–Crippen LogP) is 4.37. The van der Waals surface area contributed by atoms with Crippen molar-refractivity contribution < 1.29 is 19.4 Å². The quantitative estimate of drug-likeness (QED) is 0.338. The van der Waals surface area contributed by atoms with Crippen molar-refractivity contribution in [1.82, 2.24) is 14.9 Å². The number of hydrogen-bond acceptors (Lipinski definition) is 4. The van der Waals surface area contributed by atoms with E-state index in [0.29, 0.717) is 24.0 Å². The summed E-state index contributed by atoms with van der Waals surface area (Å²) in [7, 11) is 0.